The van der Waals surface area contributed by atoms with Crippen LogP contribution in [0.2, 0.25) is 0 Å². The number of nitrogens with one attached hydrogen (secondary N) is 1. The van der Waals surface area contributed by atoms with Gasteiger partial charge in [-0.3, -0.25) is 14.9 Å². The molecule has 1 aromatic heterocycles. The SMILES string of the molecule is CC(C)c1nc2cc(NC(=O)[C@H]3C[C@H]3[N+](=O)[O-])ccc2o1. The Hall–Kier alpha value is -2.44. The van der Waals surface area contributed by atoms with E-state index in [9.17, 15) is 14.9 Å². The summed E-state index contributed by atoms with van der Waals surface area (Å²) in [6.45, 7) is 3.97. The quantitative estimate of drug-likeness (QED) is 0.689. The van der Waals surface area contributed by atoms with Crippen LogP contribution in [0.1, 0.15) is 32.1 Å². The fourth-order valence-corrected chi connectivity index (χ4v) is 2.20. The van der Waals surface area contributed by atoms with Gasteiger partial charge in [-0.25, -0.2) is 4.98 Å². The van der Waals surface area contributed by atoms with Crippen LogP contribution in [0.15, 0.2) is 22.6 Å². The van der Waals surface area contributed by atoms with Crippen LogP contribution in [0.3, 0.4) is 0 Å². The molecule has 0 radical (unpaired) electrons. The number of carbonyl (C=O) groups is 1. The van der Waals surface area contributed by atoms with Crippen molar-refractivity contribution in [2.75, 3.05) is 5.32 Å². The first-order valence-corrected chi connectivity index (χ1v) is 6.80. The number of nitrogens with zero attached hydrogens (tertiary/aromatic N) is 2. The van der Waals surface area contributed by atoms with Crippen LogP contribution < -0.4 is 5.32 Å². The summed E-state index contributed by atoms with van der Waals surface area (Å²) < 4.78 is 5.58. The molecule has 0 unspecified atom stereocenters. The zero-order valence-electron chi connectivity index (χ0n) is 11.7. The number of aromatic nitrogens is 1. The van der Waals surface area contributed by atoms with Gasteiger partial charge in [0.2, 0.25) is 11.9 Å². The van der Waals surface area contributed by atoms with E-state index in [1.165, 1.54) is 0 Å². The summed E-state index contributed by atoms with van der Waals surface area (Å²) in [7, 11) is 0. The van der Waals surface area contributed by atoms with Crippen molar-refractivity contribution in [3.63, 3.8) is 0 Å². The Morgan fingerprint density at radius 1 is 1.52 bits per heavy atom. The largest absolute Gasteiger partial charge is 0.440 e. The van der Waals surface area contributed by atoms with E-state index in [2.05, 4.69) is 10.3 Å². The molecule has 2 aromatic rings. The lowest BCUT2D eigenvalue weighted by atomic mass is 10.2. The van der Waals surface area contributed by atoms with Gasteiger partial charge in [-0.1, -0.05) is 13.8 Å². The maximum Gasteiger partial charge on any atom is 0.234 e. The number of anilines is 1. The first kappa shape index (κ1) is 13.5. The number of carbonyl (C=O) groups excluding carboxylic acids is 1. The van der Waals surface area contributed by atoms with Crippen LogP contribution in [0.5, 0.6) is 0 Å². The number of oxazole rings is 1. The van der Waals surface area contributed by atoms with Gasteiger partial charge in [-0.2, -0.15) is 0 Å². The molecule has 110 valence electrons. The van der Waals surface area contributed by atoms with E-state index in [4.69, 9.17) is 4.42 Å². The zero-order valence-corrected chi connectivity index (χ0v) is 11.7. The number of hydrogen-bond donors (Lipinski definition) is 1. The summed E-state index contributed by atoms with van der Waals surface area (Å²) >= 11 is 0. The summed E-state index contributed by atoms with van der Waals surface area (Å²) in [5.74, 6) is -0.0188. The minimum absolute atomic E-state index is 0.183. The van der Waals surface area contributed by atoms with Gasteiger partial charge in [0.05, 0.1) is 0 Å². The molecule has 7 heteroatoms. The molecule has 1 fully saturated rings. The number of benzene rings is 1. The van der Waals surface area contributed by atoms with Gasteiger partial charge >= 0.3 is 0 Å². The Morgan fingerprint density at radius 2 is 2.29 bits per heavy atom. The number of amides is 1. The molecule has 1 saturated carbocycles. The highest BCUT2D eigenvalue weighted by Gasteiger charge is 2.53. The van der Waals surface area contributed by atoms with E-state index in [0.717, 1.165) is 0 Å². The normalized spacial score (nSPS) is 20.7. The highest BCUT2D eigenvalue weighted by Crippen LogP contribution is 2.34. The fraction of sp³-hybridized carbons (Fsp3) is 0.429. The average Bonchev–Trinajstić information content (AvgIpc) is 3.12. The summed E-state index contributed by atoms with van der Waals surface area (Å²) in [5.41, 5.74) is 1.90. The smallest absolute Gasteiger partial charge is 0.234 e. The van der Waals surface area contributed by atoms with Gasteiger partial charge in [-0.05, 0) is 18.2 Å². The van der Waals surface area contributed by atoms with Gasteiger partial charge in [0.25, 0.3) is 0 Å². The fourth-order valence-electron chi connectivity index (χ4n) is 2.20. The third kappa shape index (κ3) is 2.58. The molecule has 1 heterocycles. The van der Waals surface area contributed by atoms with Crippen molar-refractivity contribution in [3.05, 3.63) is 34.2 Å². The van der Waals surface area contributed by atoms with Crippen LogP contribution in [0, 0.1) is 16.0 Å². The third-order valence-electron chi connectivity index (χ3n) is 3.53. The van der Waals surface area contributed by atoms with Gasteiger partial charge in [0, 0.05) is 22.9 Å². The molecule has 3 rings (SSSR count). The molecule has 7 nitrogen and oxygen atoms in total. The molecule has 1 amide bonds. The zero-order chi connectivity index (χ0) is 15.1. The monoisotopic (exact) mass is 289 g/mol. The van der Waals surface area contributed by atoms with Crippen molar-refractivity contribution in [1.82, 2.24) is 4.98 Å². The van der Waals surface area contributed by atoms with Crippen LogP contribution in [-0.2, 0) is 4.79 Å². The van der Waals surface area contributed by atoms with Crippen LogP contribution in [-0.4, -0.2) is 21.9 Å². The van der Waals surface area contributed by atoms with Gasteiger partial charge in [0.1, 0.15) is 11.4 Å². The Morgan fingerprint density at radius 3 is 2.90 bits per heavy atom. The van der Waals surface area contributed by atoms with Crippen molar-refractivity contribution in [2.24, 2.45) is 5.92 Å². The van der Waals surface area contributed by atoms with Gasteiger partial charge in [-0.15, -0.1) is 0 Å². The second-order valence-corrected chi connectivity index (χ2v) is 5.57. The standard InChI is InChI=1S/C14H15N3O4/c1-7(2)14-16-10-5-8(3-4-12(10)21-14)15-13(18)9-6-11(9)17(19)20/h3-5,7,9,11H,6H2,1-2H3,(H,15,18)/t9-,11+/m0/s1. The summed E-state index contributed by atoms with van der Waals surface area (Å²) in [6, 6.07) is 4.42. The maximum absolute atomic E-state index is 11.9. The molecule has 1 aromatic carbocycles. The Labute approximate surface area is 120 Å². The molecule has 2 atom stereocenters. The van der Waals surface area contributed by atoms with Crippen molar-refractivity contribution >= 4 is 22.7 Å². The lowest BCUT2D eigenvalue weighted by molar-refractivity contribution is -0.497. The molecule has 21 heavy (non-hydrogen) atoms. The van der Waals surface area contributed by atoms with Crippen molar-refractivity contribution in [2.45, 2.75) is 32.2 Å². The lowest BCUT2D eigenvalue weighted by Crippen LogP contribution is -2.18. The molecule has 1 aliphatic rings. The first-order valence-electron chi connectivity index (χ1n) is 6.80. The highest BCUT2D eigenvalue weighted by molar-refractivity contribution is 5.96. The predicted molar refractivity (Wildman–Crippen MR) is 75.6 cm³/mol. The summed E-state index contributed by atoms with van der Waals surface area (Å²) in [5, 5.41) is 13.3. The molecular formula is C14H15N3O4. The Kier molecular flexibility index (Phi) is 3.12. The van der Waals surface area contributed by atoms with Crippen molar-refractivity contribution in [3.8, 4) is 0 Å². The number of fused-ring (bicyclic) bond motifs is 1. The van der Waals surface area contributed by atoms with Gasteiger partial charge in [0.15, 0.2) is 11.5 Å². The minimum atomic E-state index is -0.742. The lowest BCUT2D eigenvalue weighted by Gasteiger charge is -2.02. The van der Waals surface area contributed by atoms with E-state index in [0.29, 0.717) is 29.1 Å². The molecule has 0 spiro atoms. The first-order chi connectivity index (χ1) is 9.95. The van der Waals surface area contributed by atoms with Crippen LogP contribution in [0.4, 0.5) is 5.69 Å². The van der Waals surface area contributed by atoms with Crippen LogP contribution >= 0.6 is 0 Å². The third-order valence-corrected chi connectivity index (χ3v) is 3.53. The topological polar surface area (TPSA) is 98.3 Å². The maximum atomic E-state index is 11.9. The molecule has 0 aliphatic heterocycles. The number of rotatable bonds is 4. The molecule has 0 bridgehead atoms. The second-order valence-electron chi connectivity index (χ2n) is 5.57. The van der Waals surface area contributed by atoms with Gasteiger partial charge < -0.3 is 9.73 Å². The van der Waals surface area contributed by atoms with E-state index >= 15 is 0 Å². The van der Waals surface area contributed by atoms with Crippen LogP contribution in [0.25, 0.3) is 11.1 Å². The predicted octanol–water partition coefficient (Wildman–Crippen LogP) is 2.55. The van der Waals surface area contributed by atoms with E-state index < -0.39 is 16.9 Å². The van der Waals surface area contributed by atoms with Crippen molar-refractivity contribution < 1.29 is 14.1 Å². The minimum Gasteiger partial charge on any atom is -0.440 e. The highest BCUT2D eigenvalue weighted by atomic mass is 16.6. The number of nitro groups is 1. The Balaban J connectivity index is 1.75. The summed E-state index contributed by atoms with van der Waals surface area (Å²) in [6.07, 6.45) is 0.308. The molecule has 1 aliphatic carbocycles. The van der Waals surface area contributed by atoms with Crippen molar-refractivity contribution in [1.29, 1.82) is 0 Å². The number of hydrogen-bond acceptors (Lipinski definition) is 5. The summed E-state index contributed by atoms with van der Waals surface area (Å²) in [4.78, 5) is 26.4. The molecule has 0 saturated heterocycles. The molecular weight excluding hydrogens is 274 g/mol. The van der Waals surface area contributed by atoms with E-state index in [-0.39, 0.29) is 11.8 Å². The van der Waals surface area contributed by atoms with E-state index in [1.807, 2.05) is 13.8 Å². The molecule has 1 N–H and O–H groups in total. The second kappa shape index (κ2) is 4.83. The average molecular weight is 289 g/mol. The van der Waals surface area contributed by atoms with E-state index in [1.54, 1.807) is 18.2 Å². The Bertz CT molecular complexity index is 722.